The van der Waals surface area contributed by atoms with Crippen molar-refractivity contribution in [2.75, 3.05) is 13.6 Å². The number of aromatic nitrogens is 2. The third kappa shape index (κ3) is 5.11. The number of nitrogens with one attached hydrogen (secondary N) is 2. The van der Waals surface area contributed by atoms with Gasteiger partial charge in [-0.05, 0) is 30.2 Å². The van der Waals surface area contributed by atoms with Gasteiger partial charge in [-0.2, -0.15) is 5.10 Å². The third-order valence-electron chi connectivity index (χ3n) is 2.99. The Balaban J connectivity index is 1.74. The molecular weight excluding hydrogens is 286 g/mol. The molecule has 0 unspecified atom stereocenters. The molecular formula is C15H20ClN5. The van der Waals surface area contributed by atoms with Crippen LogP contribution < -0.4 is 10.6 Å². The zero-order chi connectivity index (χ0) is 15.1. The summed E-state index contributed by atoms with van der Waals surface area (Å²) in [5.41, 5.74) is 2.32. The van der Waals surface area contributed by atoms with Gasteiger partial charge in [-0.25, -0.2) is 0 Å². The van der Waals surface area contributed by atoms with E-state index in [-0.39, 0.29) is 0 Å². The molecule has 2 aromatic rings. The van der Waals surface area contributed by atoms with Gasteiger partial charge in [-0.1, -0.05) is 23.7 Å². The molecule has 1 aromatic heterocycles. The second-order valence-corrected chi connectivity index (χ2v) is 5.20. The summed E-state index contributed by atoms with van der Waals surface area (Å²) in [6.45, 7) is 4.30. The fourth-order valence-corrected chi connectivity index (χ4v) is 2.01. The predicted molar refractivity (Wildman–Crippen MR) is 86.6 cm³/mol. The number of hydrogen-bond donors (Lipinski definition) is 2. The van der Waals surface area contributed by atoms with Crippen molar-refractivity contribution in [2.24, 2.45) is 4.99 Å². The predicted octanol–water partition coefficient (Wildman–Crippen LogP) is 2.21. The van der Waals surface area contributed by atoms with Crippen LogP contribution >= 0.6 is 11.6 Å². The topological polar surface area (TPSA) is 54.2 Å². The fourth-order valence-electron chi connectivity index (χ4n) is 1.89. The molecule has 0 fully saturated rings. The Labute approximate surface area is 130 Å². The Morgan fingerprint density at radius 2 is 2.05 bits per heavy atom. The number of guanidine groups is 1. The average Bonchev–Trinajstić information content (AvgIpc) is 2.90. The molecule has 6 heteroatoms. The first-order valence-corrected chi connectivity index (χ1v) is 7.23. The number of aliphatic imine (C=N–C) groups is 1. The summed E-state index contributed by atoms with van der Waals surface area (Å²) in [6, 6.07) is 7.76. The molecule has 0 radical (unpaired) electrons. The number of halogens is 1. The highest BCUT2D eigenvalue weighted by Gasteiger charge is 1.99. The van der Waals surface area contributed by atoms with Gasteiger partial charge >= 0.3 is 0 Å². The van der Waals surface area contributed by atoms with Crippen molar-refractivity contribution in [1.82, 2.24) is 20.4 Å². The average molecular weight is 306 g/mol. The minimum atomic E-state index is 0.706. The van der Waals surface area contributed by atoms with Gasteiger partial charge in [0, 0.05) is 31.4 Å². The second-order valence-electron chi connectivity index (χ2n) is 4.76. The van der Waals surface area contributed by atoms with Crippen LogP contribution in [-0.4, -0.2) is 29.3 Å². The van der Waals surface area contributed by atoms with Crippen molar-refractivity contribution in [3.63, 3.8) is 0 Å². The molecule has 0 atom stereocenters. The molecule has 0 aliphatic rings. The van der Waals surface area contributed by atoms with Crippen LogP contribution in [0.3, 0.4) is 0 Å². The zero-order valence-electron chi connectivity index (χ0n) is 12.3. The summed E-state index contributed by atoms with van der Waals surface area (Å²) in [5, 5.41) is 11.5. The van der Waals surface area contributed by atoms with E-state index in [0.717, 1.165) is 29.6 Å². The highest BCUT2D eigenvalue weighted by atomic mass is 35.5. The number of rotatable bonds is 5. The summed E-state index contributed by atoms with van der Waals surface area (Å²) in [6.07, 6.45) is 3.87. The Hall–Kier alpha value is -2.01. The van der Waals surface area contributed by atoms with Crippen LogP contribution in [0.15, 0.2) is 41.7 Å². The Kier molecular flexibility index (Phi) is 5.63. The van der Waals surface area contributed by atoms with Gasteiger partial charge in [0.2, 0.25) is 0 Å². The van der Waals surface area contributed by atoms with Gasteiger partial charge in [0.1, 0.15) is 0 Å². The molecule has 2 rings (SSSR count). The van der Waals surface area contributed by atoms with Crippen molar-refractivity contribution < 1.29 is 0 Å². The highest BCUT2D eigenvalue weighted by Crippen LogP contribution is 2.08. The summed E-state index contributed by atoms with van der Waals surface area (Å²) < 4.78 is 1.91. The Morgan fingerprint density at radius 3 is 2.67 bits per heavy atom. The maximum atomic E-state index is 5.87. The Morgan fingerprint density at radius 1 is 1.29 bits per heavy atom. The monoisotopic (exact) mass is 305 g/mol. The number of benzene rings is 1. The summed E-state index contributed by atoms with van der Waals surface area (Å²) in [7, 11) is 1.76. The fraction of sp³-hybridized carbons (Fsp3) is 0.333. The maximum absolute atomic E-state index is 5.87. The third-order valence-corrected chi connectivity index (χ3v) is 3.24. The van der Waals surface area contributed by atoms with Gasteiger partial charge in [0.15, 0.2) is 5.96 Å². The molecule has 5 nitrogen and oxygen atoms in total. The SMILES string of the molecule is CN=C(NCCn1cc(C)cn1)NCc1ccc(Cl)cc1. The summed E-state index contributed by atoms with van der Waals surface area (Å²) >= 11 is 5.87. The van der Waals surface area contributed by atoms with E-state index in [1.807, 2.05) is 48.3 Å². The van der Waals surface area contributed by atoms with Crippen LogP contribution in [0.1, 0.15) is 11.1 Å². The normalized spacial score (nSPS) is 11.5. The van der Waals surface area contributed by atoms with E-state index < -0.39 is 0 Å². The lowest BCUT2D eigenvalue weighted by Crippen LogP contribution is -2.38. The van der Waals surface area contributed by atoms with Crippen molar-refractivity contribution in [1.29, 1.82) is 0 Å². The van der Waals surface area contributed by atoms with Crippen LogP contribution in [0.5, 0.6) is 0 Å². The van der Waals surface area contributed by atoms with Gasteiger partial charge < -0.3 is 10.6 Å². The Bertz CT molecular complexity index is 588. The van der Waals surface area contributed by atoms with Crippen molar-refractivity contribution in [3.05, 3.63) is 52.8 Å². The van der Waals surface area contributed by atoms with Crippen molar-refractivity contribution in [3.8, 4) is 0 Å². The minimum Gasteiger partial charge on any atom is -0.355 e. The molecule has 0 amide bonds. The lowest BCUT2D eigenvalue weighted by molar-refractivity contribution is 0.597. The molecule has 0 saturated heterocycles. The molecule has 1 aromatic carbocycles. The lowest BCUT2D eigenvalue weighted by Gasteiger charge is -2.12. The molecule has 0 aliphatic heterocycles. The van der Waals surface area contributed by atoms with Crippen LogP contribution in [0.25, 0.3) is 0 Å². The van der Waals surface area contributed by atoms with Crippen LogP contribution in [0.4, 0.5) is 0 Å². The minimum absolute atomic E-state index is 0.706. The second kappa shape index (κ2) is 7.69. The first-order chi connectivity index (χ1) is 10.2. The summed E-state index contributed by atoms with van der Waals surface area (Å²) in [5.74, 6) is 0.772. The van der Waals surface area contributed by atoms with E-state index in [1.165, 1.54) is 5.56 Å². The quantitative estimate of drug-likeness (QED) is 0.658. The van der Waals surface area contributed by atoms with Gasteiger partial charge in [-0.15, -0.1) is 0 Å². The largest absolute Gasteiger partial charge is 0.355 e. The number of nitrogens with zero attached hydrogens (tertiary/aromatic N) is 3. The van der Waals surface area contributed by atoms with Crippen molar-refractivity contribution in [2.45, 2.75) is 20.0 Å². The molecule has 2 N–H and O–H groups in total. The van der Waals surface area contributed by atoms with E-state index in [1.54, 1.807) is 7.05 Å². The molecule has 0 spiro atoms. The van der Waals surface area contributed by atoms with E-state index in [2.05, 4.69) is 20.7 Å². The van der Waals surface area contributed by atoms with E-state index in [4.69, 9.17) is 11.6 Å². The molecule has 0 bridgehead atoms. The number of hydrogen-bond acceptors (Lipinski definition) is 2. The number of aryl methyl sites for hydroxylation is 1. The molecule has 0 aliphatic carbocycles. The highest BCUT2D eigenvalue weighted by molar-refractivity contribution is 6.30. The van der Waals surface area contributed by atoms with E-state index in [0.29, 0.717) is 6.54 Å². The van der Waals surface area contributed by atoms with Crippen LogP contribution in [0, 0.1) is 6.92 Å². The van der Waals surface area contributed by atoms with Gasteiger partial charge in [-0.3, -0.25) is 9.67 Å². The van der Waals surface area contributed by atoms with Crippen LogP contribution in [-0.2, 0) is 13.1 Å². The maximum Gasteiger partial charge on any atom is 0.191 e. The first kappa shape index (κ1) is 15.4. The summed E-state index contributed by atoms with van der Waals surface area (Å²) in [4.78, 5) is 4.20. The molecule has 21 heavy (non-hydrogen) atoms. The first-order valence-electron chi connectivity index (χ1n) is 6.85. The smallest absolute Gasteiger partial charge is 0.191 e. The van der Waals surface area contributed by atoms with E-state index >= 15 is 0 Å². The molecule has 112 valence electrons. The van der Waals surface area contributed by atoms with E-state index in [9.17, 15) is 0 Å². The zero-order valence-corrected chi connectivity index (χ0v) is 13.1. The standard InChI is InChI=1S/C15H20ClN5/c1-12-9-20-21(11-12)8-7-18-15(17-2)19-10-13-3-5-14(16)6-4-13/h3-6,9,11H,7-8,10H2,1-2H3,(H2,17,18,19). The van der Waals surface area contributed by atoms with Crippen LogP contribution in [0.2, 0.25) is 5.02 Å². The lowest BCUT2D eigenvalue weighted by atomic mass is 10.2. The molecule has 0 saturated carbocycles. The molecule has 1 heterocycles. The van der Waals surface area contributed by atoms with Gasteiger partial charge in [0.05, 0.1) is 12.7 Å². The van der Waals surface area contributed by atoms with Crippen molar-refractivity contribution >= 4 is 17.6 Å². The van der Waals surface area contributed by atoms with Gasteiger partial charge in [0.25, 0.3) is 0 Å².